The first-order chi connectivity index (χ1) is 4.91. The molecule has 0 nitrogen and oxygen atoms in total. The topological polar surface area (TPSA) is 0 Å². The summed E-state index contributed by atoms with van der Waals surface area (Å²) in [7, 11) is 0. The SMILES string of the molecule is [CH2]CC/C=C/C/C=C/CC. The summed E-state index contributed by atoms with van der Waals surface area (Å²) < 4.78 is 0. The first kappa shape index (κ1) is 9.48. The van der Waals surface area contributed by atoms with E-state index in [1.165, 1.54) is 0 Å². The Morgan fingerprint density at radius 3 is 2.40 bits per heavy atom. The highest BCUT2D eigenvalue weighted by Gasteiger charge is 1.71. The molecule has 0 aliphatic rings. The molecule has 0 aliphatic carbocycles. The molecule has 0 unspecified atom stereocenters. The maximum absolute atomic E-state index is 3.75. The third-order valence-electron chi connectivity index (χ3n) is 1.21. The number of unbranched alkanes of at least 4 members (excludes halogenated alkanes) is 1. The van der Waals surface area contributed by atoms with Crippen LogP contribution < -0.4 is 0 Å². The minimum atomic E-state index is 1.01. The van der Waals surface area contributed by atoms with E-state index < -0.39 is 0 Å². The minimum absolute atomic E-state index is 1.01. The Hall–Kier alpha value is -0.520. The van der Waals surface area contributed by atoms with Crippen LogP contribution in [0.3, 0.4) is 0 Å². The Labute approximate surface area is 64.6 Å². The lowest BCUT2D eigenvalue weighted by Crippen LogP contribution is -1.62. The molecule has 10 heavy (non-hydrogen) atoms. The standard InChI is InChI=1S/C10H17/c1-3-5-7-9-10-8-6-4-2/h6-9H,1,3-5,10H2,2H3/b8-6+,9-7+. The van der Waals surface area contributed by atoms with E-state index in [0.717, 1.165) is 25.7 Å². The van der Waals surface area contributed by atoms with Crippen molar-refractivity contribution >= 4 is 0 Å². The van der Waals surface area contributed by atoms with Crippen LogP contribution >= 0.6 is 0 Å². The van der Waals surface area contributed by atoms with E-state index in [0.29, 0.717) is 0 Å². The summed E-state index contributed by atoms with van der Waals surface area (Å²) in [5.41, 5.74) is 0. The van der Waals surface area contributed by atoms with Gasteiger partial charge in [0.15, 0.2) is 0 Å². The molecule has 0 aromatic heterocycles. The van der Waals surface area contributed by atoms with Crippen molar-refractivity contribution in [3.63, 3.8) is 0 Å². The zero-order valence-corrected chi connectivity index (χ0v) is 6.84. The summed E-state index contributed by atoms with van der Waals surface area (Å²) in [5.74, 6) is 0. The summed E-state index contributed by atoms with van der Waals surface area (Å²) in [6, 6.07) is 0. The van der Waals surface area contributed by atoms with Crippen molar-refractivity contribution in [2.24, 2.45) is 0 Å². The molecule has 0 rings (SSSR count). The van der Waals surface area contributed by atoms with Gasteiger partial charge in [-0.1, -0.05) is 38.2 Å². The zero-order chi connectivity index (χ0) is 7.66. The molecule has 0 aromatic carbocycles. The molecule has 0 atom stereocenters. The van der Waals surface area contributed by atoms with E-state index in [2.05, 4.69) is 38.2 Å². The second-order valence-corrected chi connectivity index (χ2v) is 2.23. The normalized spacial score (nSPS) is 11.8. The van der Waals surface area contributed by atoms with Gasteiger partial charge < -0.3 is 0 Å². The fourth-order valence-electron chi connectivity index (χ4n) is 0.673. The predicted molar refractivity (Wildman–Crippen MR) is 47.8 cm³/mol. The van der Waals surface area contributed by atoms with Gasteiger partial charge in [0, 0.05) is 0 Å². The molecule has 57 valence electrons. The van der Waals surface area contributed by atoms with Crippen molar-refractivity contribution in [1.29, 1.82) is 0 Å². The Bertz CT molecular complexity index is 98.6. The quantitative estimate of drug-likeness (QED) is 0.509. The van der Waals surface area contributed by atoms with Crippen molar-refractivity contribution in [3.8, 4) is 0 Å². The van der Waals surface area contributed by atoms with Crippen LogP contribution in [0.4, 0.5) is 0 Å². The van der Waals surface area contributed by atoms with E-state index in [-0.39, 0.29) is 0 Å². The Balaban J connectivity index is 3.09. The Kier molecular flexibility index (Phi) is 8.04. The van der Waals surface area contributed by atoms with Gasteiger partial charge in [-0.25, -0.2) is 0 Å². The molecule has 0 saturated carbocycles. The van der Waals surface area contributed by atoms with Gasteiger partial charge in [0.05, 0.1) is 0 Å². The zero-order valence-electron chi connectivity index (χ0n) is 6.84. The first-order valence-corrected chi connectivity index (χ1v) is 4.01. The van der Waals surface area contributed by atoms with E-state index in [9.17, 15) is 0 Å². The molecule has 0 aliphatic heterocycles. The molecule has 0 heteroatoms. The van der Waals surface area contributed by atoms with Crippen LogP contribution in [0, 0.1) is 6.92 Å². The molecule has 1 radical (unpaired) electrons. The third kappa shape index (κ3) is 7.48. The Morgan fingerprint density at radius 2 is 1.80 bits per heavy atom. The van der Waals surface area contributed by atoms with Gasteiger partial charge in [-0.15, -0.1) is 0 Å². The highest BCUT2D eigenvalue weighted by atomic mass is 13.8. The molecule has 0 saturated heterocycles. The van der Waals surface area contributed by atoms with Crippen molar-refractivity contribution in [3.05, 3.63) is 31.2 Å². The van der Waals surface area contributed by atoms with Crippen LogP contribution in [-0.4, -0.2) is 0 Å². The average Bonchev–Trinajstić information content (AvgIpc) is 1.97. The van der Waals surface area contributed by atoms with Gasteiger partial charge in [0.1, 0.15) is 0 Å². The van der Waals surface area contributed by atoms with E-state index >= 15 is 0 Å². The molecule has 0 aromatic rings. The molecule has 0 spiro atoms. The summed E-state index contributed by atoms with van der Waals surface area (Å²) in [6.07, 6.45) is 13.1. The number of hydrogen-bond donors (Lipinski definition) is 0. The lowest BCUT2D eigenvalue weighted by atomic mass is 10.2. The highest BCUT2D eigenvalue weighted by molar-refractivity contribution is 4.92. The fraction of sp³-hybridized carbons (Fsp3) is 0.500. The van der Waals surface area contributed by atoms with Gasteiger partial charge in [-0.2, -0.15) is 0 Å². The van der Waals surface area contributed by atoms with Crippen molar-refractivity contribution in [2.45, 2.75) is 32.6 Å². The van der Waals surface area contributed by atoms with E-state index in [1.54, 1.807) is 0 Å². The maximum Gasteiger partial charge on any atom is -0.0169 e. The van der Waals surface area contributed by atoms with Gasteiger partial charge >= 0.3 is 0 Å². The summed E-state index contributed by atoms with van der Waals surface area (Å²) in [6.45, 7) is 5.90. The first-order valence-electron chi connectivity index (χ1n) is 4.01. The summed E-state index contributed by atoms with van der Waals surface area (Å²) in [4.78, 5) is 0. The van der Waals surface area contributed by atoms with Gasteiger partial charge in [-0.05, 0) is 25.7 Å². The molecule has 0 amide bonds. The molecule has 0 N–H and O–H groups in total. The van der Waals surface area contributed by atoms with Crippen molar-refractivity contribution in [1.82, 2.24) is 0 Å². The second-order valence-electron chi connectivity index (χ2n) is 2.23. The van der Waals surface area contributed by atoms with Gasteiger partial charge in [0.25, 0.3) is 0 Å². The molecule has 0 fully saturated rings. The minimum Gasteiger partial charge on any atom is -0.0885 e. The molecule has 0 heterocycles. The molecule has 0 bridgehead atoms. The fourth-order valence-corrected chi connectivity index (χ4v) is 0.673. The smallest absolute Gasteiger partial charge is 0.0169 e. The number of allylic oxidation sites excluding steroid dienone is 4. The van der Waals surface area contributed by atoms with Crippen LogP contribution in [-0.2, 0) is 0 Å². The van der Waals surface area contributed by atoms with Crippen molar-refractivity contribution < 1.29 is 0 Å². The molecular formula is C10H17. The molecular weight excluding hydrogens is 120 g/mol. The van der Waals surface area contributed by atoms with Crippen LogP contribution in [0.5, 0.6) is 0 Å². The van der Waals surface area contributed by atoms with Crippen molar-refractivity contribution in [2.75, 3.05) is 0 Å². The highest BCUT2D eigenvalue weighted by Crippen LogP contribution is 1.92. The van der Waals surface area contributed by atoms with E-state index in [1.807, 2.05) is 0 Å². The van der Waals surface area contributed by atoms with Crippen LogP contribution in [0.1, 0.15) is 32.6 Å². The van der Waals surface area contributed by atoms with Gasteiger partial charge in [0.2, 0.25) is 0 Å². The van der Waals surface area contributed by atoms with Crippen LogP contribution in [0.15, 0.2) is 24.3 Å². The average molecular weight is 137 g/mol. The maximum atomic E-state index is 3.75. The lowest BCUT2D eigenvalue weighted by Gasteiger charge is -1.82. The third-order valence-corrected chi connectivity index (χ3v) is 1.21. The largest absolute Gasteiger partial charge is 0.0885 e. The summed E-state index contributed by atoms with van der Waals surface area (Å²) >= 11 is 0. The second kappa shape index (κ2) is 8.48. The lowest BCUT2D eigenvalue weighted by molar-refractivity contribution is 1.04. The number of hydrogen-bond acceptors (Lipinski definition) is 0. The van der Waals surface area contributed by atoms with Crippen LogP contribution in [0.2, 0.25) is 0 Å². The summed E-state index contributed by atoms with van der Waals surface area (Å²) in [5, 5.41) is 0. The number of rotatable bonds is 5. The monoisotopic (exact) mass is 137 g/mol. The van der Waals surface area contributed by atoms with Crippen LogP contribution in [0.25, 0.3) is 0 Å². The predicted octanol–water partition coefficient (Wildman–Crippen LogP) is 3.51. The van der Waals surface area contributed by atoms with Gasteiger partial charge in [-0.3, -0.25) is 0 Å². The van der Waals surface area contributed by atoms with E-state index in [4.69, 9.17) is 0 Å². The Morgan fingerprint density at radius 1 is 1.10 bits per heavy atom.